The summed E-state index contributed by atoms with van der Waals surface area (Å²) < 4.78 is 352. The molecule has 58 heavy (non-hydrogen) atoms. The Hall–Kier alpha value is -1.49. The Balaban J connectivity index is -0.00000100. The Labute approximate surface area is 324 Å². The van der Waals surface area contributed by atoms with Crippen LogP contribution in [0.25, 0.3) is 0 Å². The Bertz CT molecular complexity index is 1110. The molecule has 0 aromatic carbocycles. The molecule has 0 spiro atoms. The third-order valence-corrected chi connectivity index (χ3v) is 8.79. The zero-order chi connectivity index (χ0) is 47.6. The van der Waals surface area contributed by atoms with E-state index in [-0.39, 0.29) is 4.43 Å². The molecule has 0 aliphatic carbocycles. The van der Waals surface area contributed by atoms with Gasteiger partial charge in [0.15, 0.2) is 0 Å². The van der Waals surface area contributed by atoms with Crippen LogP contribution in [0.15, 0.2) is 13.2 Å². The van der Waals surface area contributed by atoms with Crippen molar-refractivity contribution in [2.45, 2.75) is 150 Å². The largest absolute Gasteiger partial charge is 0.431 e. The van der Waals surface area contributed by atoms with Gasteiger partial charge in [-0.1, -0.05) is 55.2 Å². The minimum Gasteiger partial charge on any atom is -0.224 e. The molecule has 0 fully saturated rings. The molecular weight excluding hydrogens is 1010 g/mol. The first-order chi connectivity index (χ1) is 25.2. The first-order valence-electron chi connectivity index (χ1n) is 15.6. The van der Waals surface area contributed by atoms with Gasteiger partial charge >= 0.3 is 49.4 Å². The van der Waals surface area contributed by atoms with Crippen molar-refractivity contribution in [2.24, 2.45) is 11.8 Å². The lowest BCUT2D eigenvalue weighted by molar-refractivity contribution is -0.347. The second kappa shape index (κ2) is 21.1. The van der Waals surface area contributed by atoms with Crippen molar-refractivity contribution in [3.8, 4) is 0 Å². The summed E-state index contributed by atoms with van der Waals surface area (Å²) in [5.74, 6) is -3.35. The fourth-order valence-corrected chi connectivity index (χ4v) is 5.70. The fourth-order valence-electron chi connectivity index (χ4n) is 4.82. The summed E-state index contributed by atoms with van der Waals surface area (Å²) in [6, 6.07) is 0. The van der Waals surface area contributed by atoms with Crippen molar-refractivity contribution in [3.63, 3.8) is 0 Å². The van der Waals surface area contributed by atoms with Gasteiger partial charge in [0.1, 0.15) is 0 Å². The number of hydrogen-bond donors (Lipinski definition) is 0. The number of halogens is 29. The van der Waals surface area contributed by atoms with E-state index < -0.39 is 155 Å². The maximum absolute atomic E-state index is 13.8. The van der Waals surface area contributed by atoms with E-state index in [0.29, 0.717) is 6.92 Å². The van der Waals surface area contributed by atoms with Gasteiger partial charge in [0, 0.05) is 12.8 Å². The highest BCUT2D eigenvalue weighted by Crippen LogP contribution is 2.54. The molecule has 0 bridgehead atoms. The predicted molar refractivity (Wildman–Crippen MR) is 157 cm³/mol. The molecule has 0 aromatic heterocycles. The van der Waals surface area contributed by atoms with Gasteiger partial charge in [-0.25, -0.2) is 17.6 Å². The second-order valence-electron chi connectivity index (χ2n) is 12.5. The number of unbranched alkanes of at least 4 members (excludes halogenated alkanes) is 2. The Morgan fingerprint density at radius 2 is 0.586 bits per heavy atom. The average Bonchev–Trinajstić information content (AvgIpc) is 2.98. The molecule has 352 valence electrons. The highest BCUT2D eigenvalue weighted by Gasteiger charge is 2.75. The van der Waals surface area contributed by atoms with Gasteiger partial charge in [-0.05, 0) is 48.4 Å². The molecule has 0 saturated heterocycles. The molecule has 0 aliphatic rings. The summed E-state index contributed by atoms with van der Waals surface area (Å²) >= 11 is 1.55. The van der Waals surface area contributed by atoms with Crippen molar-refractivity contribution in [1.29, 1.82) is 0 Å². The van der Waals surface area contributed by atoms with Crippen LogP contribution >= 0.6 is 22.6 Å². The van der Waals surface area contributed by atoms with Gasteiger partial charge in [-0.15, -0.1) is 13.2 Å². The van der Waals surface area contributed by atoms with Gasteiger partial charge in [0.2, 0.25) is 0 Å². The normalized spacial score (nSPS) is 15.9. The van der Waals surface area contributed by atoms with Gasteiger partial charge in [-0.2, -0.15) is 105 Å². The van der Waals surface area contributed by atoms with Crippen LogP contribution in [0.1, 0.15) is 77.6 Å². The Kier molecular flexibility index (Phi) is 22.1. The molecule has 0 radical (unpaired) electrons. The van der Waals surface area contributed by atoms with Crippen LogP contribution in [0.4, 0.5) is 123 Å². The van der Waals surface area contributed by atoms with Crippen LogP contribution in [0, 0.1) is 11.8 Å². The highest BCUT2D eigenvalue weighted by atomic mass is 127. The molecule has 0 saturated carbocycles. The molecular formula is C29H33F28I. The van der Waals surface area contributed by atoms with Crippen molar-refractivity contribution < 1.29 is 123 Å². The molecule has 29 heteroatoms. The quantitative estimate of drug-likeness (QED) is 0.0475. The van der Waals surface area contributed by atoms with E-state index in [1.165, 1.54) is 0 Å². The van der Waals surface area contributed by atoms with E-state index in [1.54, 1.807) is 22.6 Å². The molecule has 0 N–H and O–H groups in total. The fraction of sp³-hybridized carbons (Fsp3) is 0.931. The summed E-state index contributed by atoms with van der Waals surface area (Å²) in [5, 5.41) is 0. The monoisotopic (exact) mass is 1040 g/mol. The summed E-state index contributed by atoms with van der Waals surface area (Å²) in [7, 11) is 0. The Morgan fingerprint density at radius 3 is 0.828 bits per heavy atom. The van der Waals surface area contributed by atoms with Gasteiger partial charge in [-0.3, -0.25) is 0 Å². The summed E-state index contributed by atoms with van der Waals surface area (Å²) in [6.45, 7) is 6.71. The summed E-state index contributed by atoms with van der Waals surface area (Å²) in [4.78, 5) is 0. The molecule has 0 nitrogen and oxygen atoms in total. The zero-order valence-electron chi connectivity index (χ0n) is 29.0. The predicted octanol–water partition coefficient (Wildman–Crippen LogP) is 16.1. The van der Waals surface area contributed by atoms with Crippen LogP contribution in [-0.2, 0) is 0 Å². The van der Waals surface area contributed by atoms with E-state index >= 15 is 0 Å². The van der Waals surface area contributed by atoms with Crippen LogP contribution in [0.5, 0.6) is 0 Å². The lowest BCUT2D eigenvalue weighted by Crippen LogP contribution is -2.54. The van der Waals surface area contributed by atoms with Crippen molar-refractivity contribution >= 4 is 22.6 Å². The molecule has 0 amide bonds. The van der Waals surface area contributed by atoms with E-state index in [1.807, 2.05) is 0 Å². The van der Waals surface area contributed by atoms with Crippen LogP contribution in [0.3, 0.4) is 0 Å². The summed E-state index contributed by atoms with van der Waals surface area (Å²) in [5.41, 5.74) is -22.3. The van der Waals surface area contributed by atoms with Crippen molar-refractivity contribution in [3.05, 3.63) is 13.2 Å². The third-order valence-electron chi connectivity index (χ3n) is 8.16. The maximum Gasteiger partial charge on any atom is 0.431 e. The SMILES string of the molecule is C=C.CC(CCCCC(F)(C(F)(F)F)C(F)(F)F)CC(F)(C(F)(F)F)C(F)(F)F.FC(F)(F)C(F)(CCCCC(CCI)CC(F)(C(F)(F)F)C(F)(F)F)C(F)(F)F. The van der Waals surface area contributed by atoms with E-state index in [0.717, 1.165) is 0 Å². The minimum absolute atomic E-state index is 0.0492. The number of hydrogen-bond acceptors (Lipinski definition) is 0. The Morgan fingerprint density at radius 1 is 0.345 bits per heavy atom. The highest BCUT2D eigenvalue weighted by molar-refractivity contribution is 14.1. The van der Waals surface area contributed by atoms with E-state index in [4.69, 9.17) is 0 Å². The molecule has 2 atom stereocenters. The first kappa shape index (κ1) is 60.8. The van der Waals surface area contributed by atoms with E-state index in [9.17, 15) is 123 Å². The molecule has 0 aliphatic heterocycles. The third kappa shape index (κ3) is 15.8. The number of rotatable bonds is 16. The zero-order valence-corrected chi connectivity index (χ0v) is 31.2. The molecule has 0 heterocycles. The van der Waals surface area contributed by atoms with Gasteiger partial charge in [0.05, 0.1) is 0 Å². The summed E-state index contributed by atoms with van der Waals surface area (Å²) in [6.07, 6.45) is -64.7. The van der Waals surface area contributed by atoms with Crippen molar-refractivity contribution in [1.82, 2.24) is 0 Å². The lowest BCUT2D eigenvalue weighted by Gasteiger charge is -2.33. The average molecular weight is 1040 g/mol. The molecule has 2 unspecified atom stereocenters. The minimum atomic E-state index is -6.32. The van der Waals surface area contributed by atoms with Crippen LogP contribution < -0.4 is 0 Å². The maximum atomic E-state index is 13.8. The van der Waals surface area contributed by atoms with Crippen LogP contribution in [0.2, 0.25) is 0 Å². The van der Waals surface area contributed by atoms with E-state index in [2.05, 4.69) is 13.2 Å². The standard InChI is InChI=1S/C14H15F14I.C13H14F14.C2H4/c15-9(11(17,18)19,12(20,21)22)5-2-1-3-8(4-6-29)7-10(16,13(23,24)25)14(26,27)28;1-7(6-9(15,12(22,23)24)13(25,26)27)4-2-3-5-8(14,10(16,17)18)11(19,20)21;1-2/h8H,1-7H2;7H,2-6H2,1H3;1-2H2. The molecule has 0 rings (SSSR count). The first-order valence-corrected chi connectivity index (χ1v) is 17.1. The topological polar surface area (TPSA) is 0 Å². The second-order valence-corrected chi connectivity index (χ2v) is 13.6. The molecule has 0 aromatic rings. The smallest absolute Gasteiger partial charge is 0.224 e. The van der Waals surface area contributed by atoms with Crippen LogP contribution in [-0.4, -0.2) is 76.5 Å². The van der Waals surface area contributed by atoms with Gasteiger partial charge < -0.3 is 0 Å². The number of alkyl halides is 29. The van der Waals surface area contributed by atoms with Crippen molar-refractivity contribution in [2.75, 3.05) is 4.43 Å². The van der Waals surface area contributed by atoms with Gasteiger partial charge in [0.25, 0.3) is 22.7 Å². The lowest BCUT2D eigenvalue weighted by atomic mass is 9.85.